The molecule has 0 spiro atoms. The van der Waals surface area contributed by atoms with Crippen molar-refractivity contribution in [3.8, 4) is 17.1 Å². The molecule has 30 heavy (non-hydrogen) atoms. The fourth-order valence-corrected chi connectivity index (χ4v) is 4.60. The maximum atomic E-state index is 13.1. The standard InChI is InChI=1S/C22H26N4O3S/c1-7-26-21(16-10-8-9-11-17(16)29-6)24-25-22(26)30-15(5)20(28)19-12(2)18(14(4)27)13(3)23-19/h8-11,15,23H,7H2,1-6H3. The largest absolute Gasteiger partial charge is 0.496 e. The average Bonchev–Trinajstić information content (AvgIpc) is 3.26. The van der Waals surface area contributed by atoms with E-state index in [1.807, 2.05) is 49.6 Å². The summed E-state index contributed by atoms with van der Waals surface area (Å²) in [6.07, 6.45) is 0. The van der Waals surface area contributed by atoms with Gasteiger partial charge in [-0.25, -0.2) is 0 Å². The Morgan fingerprint density at radius 1 is 1.23 bits per heavy atom. The van der Waals surface area contributed by atoms with Crippen LogP contribution in [0.2, 0.25) is 0 Å². The lowest BCUT2D eigenvalue weighted by molar-refractivity contribution is 0.0988. The first kappa shape index (κ1) is 21.8. The van der Waals surface area contributed by atoms with Gasteiger partial charge >= 0.3 is 0 Å². The van der Waals surface area contributed by atoms with Crippen molar-refractivity contribution in [2.75, 3.05) is 7.11 Å². The molecule has 7 nitrogen and oxygen atoms in total. The molecule has 0 aliphatic rings. The van der Waals surface area contributed by atoms with Crippen LogP contribution in [-0.4, -0.2) is 43.7 Å². The monoisotopic (exact) mass is 426 g/mol. The molecule has 1 atom stereocenters. The molecule has 8 heteroatoms. The van der Waals surface area contributed by atoms with Crippen molar-refractivity contribution in [2.45, 2.75) is 51.6 Å². The number of thioether (sulfide) groups is 1. The number of H-pyrrole nitrogens is 1. The zero-order valence-electron chi connectivity index (χ0n) is 18.1. The first-order valence-corrected chi connectivity index (χ1v) is 10.7. The summed E-state index contributed by atoms with van der Waals surface area (Å²) >= 11 is 1.35. The number of benzene rings is 1. The van der Waals surface area contributed by atoms with E-state index in [-0.39, 0.29) is 11.6 Å². The second-order valence-electron chi connectivity index (χ2n) is 7.06. The van der Waals surface area contributed by atoms with Crippen molar-refractivity contribution in [2.24, 2.45) is 0 Å². The van der Waals surface area contributed by atoms with Gasteiger partial charge in [0.1, 0.15) is 5.75 Å². The number of aryl methyl sites for hydroxylation is 1. The molecule has 0 aliphatic heterocycles. The maximum Gasteiger partial charge on any atom is 0.192 e. The minimum atomic E-state index is -0.401. The highest BCUT2D eigenvalue weighted by Gasteiger charge is 2.26. The molecule has 0 fully saturated rings. The minimum absolute atomic E-state index is 0.0483. The number of para-hydroxylation sites is 1. The van der Waals surface area contributed by atoms with E-state index in [4.69, 9.17) is 4.74 Å². The van der Waals surface area contributed by atoms with Gasteiger partial charge in [-0.1, -0.05) is 23.9 Å². The van der Waals surface area contributed by atoms with Crippen LogP contribution < -0.4 is 4.74 Å². The number of Topliss-reactive ketones (excluding diaryl/α,β-unsaturated/α-hetero) is 2. The minimum Gasteiger partial charge on any atom is -0.496 e. The summed E-state index contributed by atoms with van der Waals surface area (Å²) in [5, 5.41) is 8.95. The third kappa shape index (κ3) is 3.92. The second-order valence-corrected chi connectivity index (χ2v) is 8.36. The molecular weight excluding hydrogens is 400 g/mol. The number of rotatable bonds is 8. The Morgan fingerprint density at radius 2 is 1.93 bits per heavy atom. The summed E-state index contributed by atoms with van der Waals surface area (Å²) in [4.78, 5) is 28.1. The van der Waals surface area contributed by atoms with E-state index in [1.165, 1.54) is 18.7 Å². The van der Waals surface area contributed by atoms with Crippen LogP contribution in [0.3, 0.4) is 0 Å². The van der Waals surface area contributed by atoms with E-state index < -0.39 is 5.25 Å². The van der Waals surface area contributed by atoms with Crippen molar-refractivity contribution < 1.29 is 14.3 Å². The fraction of sp³-hybridized carbons (Fsp3) is 0.364. The van der Waals surface area contributed by atoms with E-state index in [0.29, 0.717) is 34.3 Å². The van der Waals surface area contributed by atoms with Crippen LogP contribution in [0.1, 0.15) is 52.9 Å². The highest BCUT2D eigenvalue weighted by atomic mass is 32.2. The Morgan fingerprint density at radius 3 is 2.53 bits per heavy atom. The van der Waals surface area contributed by atoms with Crippen LogP contribution in [0.4, 0.5) is 0 Å². The second kappa shape index (κ2) is 8.87. The van der Waals surface area contributed by atoms with Gasteiger partial charge < -0.3 is 14.3 Å². The zero-order chi connectivity index (χ0) is 22.0. The topological polar surface area (TPSA) is 89.9 Å². The predicted molar refractivity (Wildman–Crippen MR) is 118 cm³/mol. The summed E-state index contributed by atoms with van der Waals surface area (Å²) in [5.41, 5.74) is 3.33. The molecule has 0 radical (unpaired) electrons. The molecule has 1 N–H and O–H groups in total. The number of aromatic nitrogens is 4. The predicted octanol–water partition coefficient (Wildman–Crippen LogP) is 4.48. The molecule has 0 saturated carbocycles. The van der Waals surface area contributed by atoms with Crippen molar-refractivity contribution in [1.82, 2.24) is 19.7 Å². The molecule has 3 rings (SSSR count). The number of hydrogen-bond acceptors (Lipinski definition) is 6. The van der Waals surface area contributed by atoms with Crippen molar-refractivity contribution in [3.63, 3.8) is 0 Å². The van der Waals surface area contributed by atoms with Crippen LogP contribution >= 0.6 is 11.8 Å². The maximum absolute atomic E-state index is 13.1. The molecular formula is C22H26N4O3S. The number of carbonyl (C=O) groups is 2. The Labute approximate surface area is 180 Å². The normalized spacial score (nSPS) is 12.1. The van der Waals surface area contributed by atoms with Crippen LogP contribution in [0.15, 0.2) is 29.4 Å². The number of nitrogens with zero attached hydrogens (tertiary/aromatic N) is 3. The Hall–Kier alpha value is -2.87. The zero-order valence-corrected chi connectivity index (χ0v) is 18.9. The molecule has 158 valence electrons. The SMILES string of the molecule is CCn1c(SC(C)C(=O)c2[nH]c(C)c(C(C)=O)c2C)nnc1-c1ccccc1OC. The molecule has 1 unspecified atom stereocenters. The van der Waals surface area contributed by atoms with Gasteiger partial charge in [-0.3, -0.25) is 9.59 Å². The van der Waals surface area contributed by atoms with E-state index in [9.17, 15) is 9.59 Å². The van der Waals surface area contributed by atoms with E-state index in [1.54, 1.807) is 14.0 Å². The van der Waals surface area contributed by atoms with Gasteiger partial charge in [-0.05, 0) is 52.3 Å². The lowest BCUT2D eigenvalue weighted by Crippen LogP contribution is -2.16. The number of ether oxygens (including phenoxy) is 1. The number of aromatic amines is 1. The van der Waals surface area contributed by atoms with Gasteiger partial charge in [-0.2, -0.15) is 0 Å². The van der Waals surface area contributed by atoms with E-state index in [2.05, 4.69) is 15.2 Å². The Balaban J connectivity index is 1.90. The summed E-state index contributed by atoms with van der Waals surface area (Å²) in [6, 6.07) is 7.65. The number of ketones is 2. The van der Waals surface area contributed by atoms with Crippen molar-refractivity contribution in [1.29, 1.82) is 0 Å². The third-order valence-corrected chi connectivity index (χ3v) is 6.15. The van der Waals surface area contributed by atoms with Crippen LogP contribution in [0.5, 0.6) is 5.75 Å². The van der Waals surface area contributed by atoms with E-state index >= 15 is 0 Å². The van der Waals surface area contributed by atoms with Crippen LogP contribution in [0.25, 0.3) is 11.4 Å². The smallest absolute Gasteiger partial charge is 0.192 e. The quantitative estimate of drug-likeness (QED) is 0.422. The lowest BCUT2D eigenvalue weighted by Gasteiger charge is -2.12. The molecule has 2 heterocycles. The van der Waals surface area contributed by atoms with Gasteiger partial charge in [0.15, 0.2) is 22.5 Å². The highest BCUT2D eigenvalue weighted by Crippen LogP contribution is 2.33. The number of nitrogens with one attached hydrogen (secondary N) is 1. The third-order valence-electron chi connectivity index (χ3n) is 5.07. The first-order chi connectivity index (χ1) is 14.3. The van der Waals surface area contributed by atoms with E-state index in [0.717, 1.165) is 17.0 Å². The van der Waals surface area contributed by atoms with Gasteiger partial charge in [-0.15, -0.1) is 10.2 Å². The van der Waals surface area contributed by atoms with Gasteiger partial charge in [0.25, 0.3) is 0 Å². The van der Waals surface area contributed by atoms with Gasteiger partial charge in [0.2, 0.25) is 0 Å². The average molecular weight is 427 g/mol. The Bertz CT molecular complexity index is 1100. The summed E-state index contributed by atoms with van der Waals surface area (Å²) < 4.78 is 7.43. The summed E-state index contributed by atoms with van der Waals surface area (Å²) in [7, 11) is 1.62. The van der Waals surface area contributed by atoms with Crippen molar-refractivity contribution in [3.05, 3.63) is 46.8 Å². The first-order valence-electron chi connectivity index (χ1n) is 9.77. The highest BCUT2D eigenvalue weighted by molar-refractivity contribution is 8.00. The molecule has 2 aromatic heterocycles. The van der Waals surface area contributed by atoms with Gasteiger partial charge in [0, 0.05) is 17.8 Å². The van der Waals surface area contributed by atoms with Crippen molar-refractivity contribution >= 4 is 23.3 Å². The van der Waals surface area contributed by atoms with Crippen LogP contribution in [-0.2, 0) is 6.54 Å². The molecule has 0 saturated heterocycles. The molecule has 0 amide bonds. The molecule has 0 aliphatic carbocycles. The fourth-order valence-electron chi connectivity index (χ4n) is 3.63. The molecule has 0 bridgehead atoms. The Kier molecular flexibility index (Phi) is 6.45. The lowest BCUT2D eigenvalue weighted by atomic mass is 10.0. The van der Waals surface area contributed by atoms with Gasteiger partial charge in [0.05, 0.1) is 23.6 Å². The van der Waals surface area contributed by atoms with Crippen LogP contribution in [0, 0.1) is 13.8 Å². The molecule has 3 aromatic rings. The summed E-state index contributed by atoms with van der Waals surface area (Å²) in [6.45, 7) is 9.63. The number of methoxy groups -OCH3 is 1. The number of carbonyl (C=O) groups excluding carboxylic acids is 2. The number of hydrogen-bond donors (Lipinski definition) is 1. The summed E-state index contributed by atoms with van der Waals surface area (Å²) in [5.74, 6) is 1.29. The molecule has 1 aromatic carbocycles.